The predicted octanol–water partition coefficient (Wildman–Crippen LogP) is 2.00. The van der Waals surface area contributed by atoms with Crippen molar-refractivity contribution in [2.75, 3.05) is 39.9 Å². The van der Waals surface area contributed by atoms with Crippen molar-refractivity contribution < 1.29 is 14.3 Å². The van der Waals surface area contributed by atoms with E-state index in [1.807, 2.05) is 6.07 Å². The molecule has 1 saturated heterocycles. The van der Waals surface area contributed by atoms with Crippen molar-refractivity contribution in [1.82, 2.24) is 15.5 Å². The van der Waals surface area contributed by atoms with Crippen LogP contribution in [0.5, 0.6) is 0 Å². The minimum absolute atomic E-state index is 0.00820. The molecule has 1 saturated carbocycles. The van der Waals surface area contributed by atoms with Crippen molar-refractivity contribution in [1.29, 1.82) is 0 Å². The lowest BCUT2D eigenvalue weighted by molar-refractivity contribution is -0.140. The number of nitrogens with one attached hydrogen (secondary N) is 2. The number of ether oxygens (including phenoxy) is 1. The summed E-state index contributed by atoms with van der Waals surface area (Å²) in [5.74, 6) is 0.987. The lowest BCUT2D eigenvalue weighted by atomic mass is 9.85. The van der Waals surface area contributed by atoms with Gasteiger partial charge in [-0.15, -0.1) is 0 Å². The topological polar surface area (TPSA) is 83.0 Å². The Morgan fingerprint density at radius 3 is 2.38 bits per heavy atom. The van der Waals surface area contributed by atoms with Gasteiger partial charge >= 0.3 is 0 Å². The van der Waals surface area contributed by atoms with Crippen LogP contribution in [0.25, 0.3) is 0 Å². The first-order valence-electron chi connectivity index (χ1n) is 11.8. The number of benzene rings is 1. The quantitative estimate of drug-likeness (QED) is 0.182. The Morgan fingerprint density at radius 1 is 1.00 bits per heavy atom. The lowest BCUT2D eigenvalue weighted by Gasteiger charge is -2.18. The van der Waals surface area contributed by atoms with Gasteiger partial charge in [-0.05, 0) is 43.1 Å². The van der Waals surface area contributed by atoms with Gasteiger partial charge in [0.15, 0.2) is 5.96 Å². The molecule has 4 atom stereocenters. The molecule has 0 radical (unpaired) electrons. The molecule has 1 heterocycles. The third kappa shape index (κ3) is 5.04. The van der Waals surface area contributed by atoms with Crippen molar-refractivity contribution in [2.45, 2.75) is 25.7 Å². The first-order chi connectivity index (χ1) is 15.7. The van der Waals surface area contributed by atoms with E-state index < -0.39 is 0 Å². The molecule has 0 aromatic heterocycles. The number of aliphatic imine (C=N–C) groups is 1. The fourth-order valence-corrected chi connectivity index (χ4v) is 5.16. The number of allylic oxidation sites excluding steroid dienone is 2. The Kier molecular flexibility index (Phi) is 7.58. The number of likely N-dealkylation sites (tertiary alicyclic amines) is 1. The summed E-state index contributed by atoms with van der Waals surface area (Å²) in [7, 11) is 1.72. The Morgan fingerprint density at radius 2 is 1.69 bits per heavy atom. The summed E-state index contributed by atoms with van der Waals surface area (Å²) in [5.41, 5.74) is 1.30. The largest absolute Gasteiger partial charge is 0.381 e. The number of imide groups is 1. The zero-order valence-corrected chi connectivity index (χ0v) is 18.8. The van der Waals surface area contributed by atoms with Crippen LogP contribution in [0.4, 0.5) is 0 Å². The normalized spacial score (nSPS) is 26.2. The summed E-state index contributed by atoms with van der Waals surface area (Å²) in [6.07, 6.45) is 8.12. The van der Waals surface area contributed by atoms with Gasteiger partial charge in [0.1, 0.15) is 0 Å². The van der Waals surface area contributed by atoms with Gasteiger partial charge in [-0.25, -0.2) is 0 Å². The van der Waals surface area contributed by atoms with Crippen molar-refractivity contribution in [3.8, 4) is 0 Å². The van der Waals surface area contributed by atoms with Crippen LogP contribution in [0.3, 0.4) is 0 Å². The van der Waals surface area contributed by atoms with Gasteiger partial charge in [0.05, 0.1) is 18.4 Å². The second kappa shape index (κ2) is 10.8. The SMILES string of the molecule is CN=C(NCCCCOCCc1ccccc1)NCCN1C(=O)C2C3C=CC(C3)C2C1=O. The smallest absolute Gasteiger partial charge is 0.233 e. The second-order valence-electron chi connectivity index (χ2n) is 8.81. The average molecular weight is 439 g/mol. The molecule has 2 amide bonds. The fraction of sp³-hybridized carbons (Fsp3) is 0.560. The number of hydrogen-bond acceptors (Lipinski definition) is 4. The zero-order chi connectivity index (χ0) is 22.3. The monoisotopic (exact) mass is 438 g/mol. The maximum absolute atomic E-state index is 12.7. The molecule has 2 bridgehead atoms. The van der Waals surface area contributed by atoms with Crippen LogP contribution in [0.2, 0.25) is 0 Å². The van der Waals surface area contributed by atoms with E-state index in [1.54, 1.807) is 7.05 Å². The molecule has 32 heavy (non-hydrogen) atoms. The van der Waals surface area contributed by atoms with Crippen LogP contribution in [0, 0.1) is 23.7 Å². The molecule has 0 spiro atoms. The van der Waals surface area contributed by atoms with E-state index in [1.165, 1.54) is 10.5 Å². The van der Waals surface area contributed by atoms with E-state index in [2.05, 4.69) is 52.0 Å². The minimum Gasteiger partial charge on any atom is -0.381 e. The molecule has 1 aromatic rings. The maximum atomic E-state index is 12.7. The number of hydrogen-bond donors (Lipinski definition) is 2. The molecule has 7 heteroatoms. The second-order valence-corrected chi connectivity index (χ2v) is 8.81. The van der Waals surface area contributed by atoms with Gasteiger partial charge in [0.25, 0.3) is 0 Å². The molecular formula is C25H34N4O3. The number of nitrogens with zero attached hydrogens (tertiary/aromatic N) is 2. The number of unbranched alkanes of at least 4 members (excludes halogenated alkanes) is 1. The lowest BCUT2D eigenvalue weighted by Crippen LogP contribution is -2.43. The highest BCUT2D eigenvalue weighted by Crippen LogP contribution is 2.52. The van der Waals surface area contributed by atoms with Crippen LogP contribution in [-0.2, 0) is 20.7 Å². The van der Waals surface area contributed by atoms with Gasteiger partial charge in [0.2, 0.25) is 11.8 Å². The van der Waals surface area contributed by atoms with Crippen LogP contribution in [0.15, 0.2) is 47.5 Å². The van der Waals surface area contributed by atoms with Crippen molar-refractivity contribution in [2.24, 2.45) is 28.7 Å². The summed E-state index contributed by atoms with van der Waals surface area (Å²) >= 11 is 0. The highest BCUT2D eigenvalue weighted by Gasteiger charge is 2.58. The highest BCUT2D eigenvalue weighted by molar-refractivity contribution is 6.06. The number of carbonyl (C=O) groups is 2. The van der Waals surface area contributed by atoms with E-state index in [9.17, 15) is 9.59 Å². The Balaban J connectivity index is 1.06. The number of rotatable bonds is 11. The first kappa shape index (κ1) is 22.5. The van der Waals surface area contributed by atoms with Gasteiger partial charge in [-0.3, -0.25) is 19.5 Å². The zero-order valence-electron chi connectivity index (χ0n) is 18.8. The van der Waals surface area contributed by atoms with Crippen LogP contribution in [0.1, 0.15) is 24.8 Å². The van der Waals surface area contributed by atoms with E-state index in [0.29, 0.717) is 19.0 Å². The number of guanidine groups is 1. The van der Waals surface area contributed by atoms with Gasteiger partial charge < -0.3 is 15.4 Å². The summed E-state index contributed by atoms with van der Waals surface area (Å²) in [5, 5.41) is 6.50. The van der Waals surface area contributed by atoms with Crippen LogP contribution in [-0.4, -0.2) is 62.6 Å². The summed E-state index contributed by atoms with van der Waals surface area (Å²) < 4.78 is 5.72. The molecule has 2 aliphatic carbocycles. The molecule has 3 aliphatic rings. The van der Waals surface area contributed by atoms with Gasteiger partial charge in [0, 0.05) is 33.3 Å². The van der Waals surface area contributed by atoms with Crippen LogP contribution < -0.4 is 10.6 Å². The van der Waals surface area contributed by atoms with Gasteiger partial charge in [-0.1, -0.05) is 42.5 Å². The summed E-state index contributed by atoms with van der Waals surface area (Å²) in [6, 6.07) is 10.4. The molecule has 2 N–H and O–H groups in total. The van der Waals surface area contributed by atoms with E-state index >= 15 is 0 Å². The minimum atomic E-state index is -0.121. The molecule has 7 nitrogen and oxygen atoms in total. The van der Waals surface area contributed by atoms with E-state index in [0.717, 1.165) is 45.4 Å². The molecular weight excluding hydrogens is 404 g/mol. The highest BCUT2D eigenvalue weighted by atomic mass is 16.5. The molecule has 4 unspecified atom stereocenters. The molecule has 2 fully saturated rings. The predicted molar refractivity (Wildman–Crippen MR) is 124 cm³/mol. The van der Waals surface area contributed by atoms with E-state index in [4.69, 9.17) is 4.74 Å². The fourth-order valence-electron chi connectivity index (χ4n) is 5.16. The number of carbonyl (C=O) groups excluding carboxylic acids is 2. The number of fused-ring (bicyclic) bond motifs is 5. The molecule has 1 aromatic carbocycles. The summed E-state index contributed by atoms with van der Waals surface area (Å²) in [4.78, 5) is 31.1. The molecule has 172 valence electrons. The molecule has 4 rings (SSSR count). The van der Waals surface area contributed by atoms with Crippen molar-refractivity contribution >= 4 is 17.8 Å². The Hall–Kier alpha value is -2.67. The average Bonchev–Trinajstić information content (AvgIpc) is 3.50. The maximum Gasteiger partial charge on any atom is 0.233 e. The van der Waals surface area contributed by atoms with Crippen LogP contribution >= 0.6 is 0 Å². The standard InChI is InChI=1S/C25H34N4O3/c1-26-25(27-12-5-6-15-32-16-11-18-7-3-2-4-8-18)28-13-14-29-23(30)21-19-9-10-20(17-19)22(21)24(29)31/h2-4,7-10,19-22H,5-6,11-17H2,1H3,(H2,26,27,28). The van der Waals surface area contributed by atoms with Gasteiger partial charge in [-0.2, -0.15) is 0 Å². The summed E-state index contributed by atoms with van der Waals surface area (Å²) in [6.45, 7) is 3.18. The number of amides is 2. The first-order valence-corrected chi connectivity index (χ1v) is 11.8. The van der Waals surface area contributed by atoms with Crippen molar-refractivity contribution in [3.05, 3.63) is 48.0 Å². The third-order valence-electron chi connectivity index (χ3n) is 6.80. The molecule has 1 aliphatic heterocycles. The Bertz CT molecular complexity index is 824. The third-order valence-corrected chi connectivity index (χ3v) is 6.80. The Labute approximate surface area is 190 Å². The van der Waals surface area contributed by atoms with E-state index in [-0.39, 0.29) is 35.5 Å². The van der Waals surface area contributed by atoms with Crippen molar-refractivity contribution in [3.63, 3.8) is 0 Å².